The number of hydrogen-bond acceptors (Lipinski definition) is 7. The number of carbonyl (C=O) groups is 1. The fraction of sp³-hybridized carbons (Fsp3) is 0.435. The van der Waals surface area contributed by atoms with Crippen molar-refractivity contribution < 1.29 is 4.79 Å². The zero-order valence-corrected chi connectivity index (χ0v) is 19.2. The molecule has 162 valence electrons. The van der Waals surface area contributed by atoms with Crippen LogP contribution in [0.3, 0.4) is 0 Å². The molecule has 3 aromatic rings. The predicted octanol–water partition coefficient (Wildman–Crippen LogP) is 4.13. The van der Waals surface area contributed by atoms with Gasteiger partial charge in [-0.15, -0.1) is 11.3 Å². The van der Waals surface area contributed by atoms with Crippen molar-refractivity contribution >= 4 is 23.2 Å². The van der Waals surface area contributed by atoms with Gasteiger partial charge in [-0.05, 0) is 50.3 Å². The SMILES string of the molecule is Cc1nc(C)c(C(=O)NC2CCN(c3ncc(-c4ccncc4)c(C(C)C)n3)CC2)s1. The van der Waals surface area contributed by atoms with Crippen LogP contribution in [0.4, 0.5) is 5.95 Å². The lowest BCUT2D eigenvalue weighted by Gasteiger charge is -2.32. The second kappa shape index (κ2) is 9.09. The lowest BCUT2D eigenvalue weighted by atomic mass is 10.00. The molecule has 0 saturated carbocycles. The molecular formula is C23H28N6OS. The summed E-state index contributed by atoms with van der Waals surface area (Å²) in [6, 6.07) is 4.14. The van der Waals surface area contributed by atoms with Crippen LogP contribution in [-0.2, 0) is 0 Å². The third kappa shape index (κ3) is 4.74. The number of aromatic nitrogens is 4. The minimum atomic E-state index is -0.0124. The smallest absolute Gasteiger partial charge is 0.263 e. The van der Waals surface area contributed by atoms with Gasteiger partial charge in [0.25, 0.3) is 5.91 Å². The molecule has 8 heteroatoms. The quantitative estimate of drug-likeness (QED) is 0.647. The molecule has 7 nitrogen and oxygen atoms in total. The Hall–Kier alpha value is -2.87. The fourth-order valence-electron chi connectivity index (χ4n) is 3.95. The van der Waals surface area contributed by atoms with E-state index in [1.807, 2.05) is 32.2 Å². The van der Waals surface area contributed by atoms with Crippen molar-refractivity contribution in [1.29, 1.82) is 0 Å². The molecule has 1 fully saturated rings. The number of nitrogens with one attached hydrogen (secondary N) is 1. The van der Waals surface area contributed by atoms with Gasteiger partial charge >= 0.3 is 0 Å². The lowest BCUT2D eigenvalue weighted by molar-refractivity contribution is 0.0934. The van der Waals surface area contributed by atoms with E-state index in [2.05, 4.69) is 39.0 Å². The zero-order chi connectivity index (χ0) is 22.0. The van der Waals surface area contributed by atoms with Gasteiger partial charge in [-0.3, -0.25) is 9.78 Å². The van der Waals surface area contributed by atoms with Gasteiger partial charge in [-0.25, -0.2) is 15.0 Å². The molecule has 1 saturated heterocycles. The predicted molar refractivity (Wildman–Crippen MR) is 124 cm³/mol. The van der Waals surface area contributed by atoms with Crippen molar-refractivity contribution in [2.75, 3.05) is 18.0 Å². The normalized spacial score (nSPS) is 14.8. The van der Waals surface area contributed by atoms with Gasteiger partial charge < -0.3 is 10.2 Å². The number of aryl methyl sites for hydroxylation is 2. The van der Waals surface area contributed by atoms with Crippen LogP contribution in [0.25, 0.3) is 11.1 Å². The molecular weight excluding hydrogens is 408 g/mol. The molecule has 0 atom stereocenters. The summed E-state index contributed by atoms with van der Waals surface area (Å²) in [6.45, 7) is 9.76. The molecule has 0 aliphatic carbocycles. The van der Waals surface area contributed by atoms with E-state index in [-0.39, 0.29) is 17.9 Å². The highest BCUT2D eigenvalue weighted by molar-refractivity contribution is 7.13. The number of anilines is 1. The molecule has 0 bridgehead atoms. The second-order valence-electron chi connectivity index (χ2n) is 8.24. The van der Waals surface area contributed by atoms with E-state index in [0.717, 1.165) is 64.3 Å². The number of hydrogen-bond donors (Lipinski definition) is 1. The van der Waals surface area contributed by atoms with Gasteiger partial charge in [0.2, 0.25) is 5.95 Å². The van der Waals surface area contributed by atoms with Crippen LogP contribution in [0.5, 0.6) is 0 Å². The Bertz CT molecular complexity index is 1060. The summed E-state index contributed by atoms with van der Waals surface area (Å²) in [5.41, 5.74) is 3.99. The molecule has 0 radical (unpaired) electrons. The Labute approximate surface area is 187 Å². The number of piperidine rings is 1. The highest BCUT2D eigenvalue weighted by Gasteiger charge is 2.25. The van der Waals surface area contributed by atoms with Crippen LogP contribution in [0, 0.1) is 13.8 Å². The Kier molecular flexibility index (Phi) is 6.27. The van der Waals surface area contributed by atoms with Crippen molar-refractivity contribution in [3.05, 3.63) is 52.0 Å². The Balaban J connectivity index is 1.43. The largest absolute Gasteiger partial charge is 0.348 e. The average molecular weight is 437 g/mol. The molecule has 1 aliphatic rings. The highest BCUT2D eigenvalue weighted by Crippen LogP contribution is 2.29. The first-order valence-electron chi connectivity index (χ1n) is 10.7. The third-order valence-corrected chi connectivity index (χ3v) is 6.64. The Morgan fingerprint density at radius 1 is 1.16 bits per heavy atom. The molecule has 0 aromatic carbocycles. The van der Waals surface area contributed by atoms with Crippen LogP contribution in [-0.4, -0.2) is 45.0 Å². The topological polar surface area (TPSA) is 83.9 Å². The minimum Gasteiger partial charge on any atom is -0.348 e. The van der Waals surface area contributed by atoms with E-state index in [1.54, 1.807) is 12.4 Å². The van der Waals surface area contributed by atoms with Gasteiger partial charge in [0, 0.05) is 43.3 Å². The summed E-state index contributed by atoms with van der Waals surface area (Å²) in [5.74, 6) is 1.04. The van der Waals surface area contributed by atoms with Crippen molar-refractivity contribution in [2.24, 2.45) is 0 Å². The van der Waals surface area contributed by atoms with E-state index in [9.17, 15) is 4.79 Å². The van der Waals surface area contributed by atoms with Crippen LogP contribution < -0.4 is 10.2 Å². The van der Waals surface area contributed by atoms with Gasteiger partial charge in [0.15, 0.2) is 0 Å². The van der Waals surface area contributed by atoms with Gasteiger partial charge in [0.1, 0.15) is 4.88 Å². The Morgan fingerprint density at radius 3 is 2.48 bits per heavy atom. The zero-order valence-electron chi connectivity index (χ0n) is 18.4. The molecule has 1 amide bonds. The number of nitrogens with zero attached hydrogens (tertiary/aromatic N) is 5. The first kappa shape index (κ1) is 21.4. The summed E-state index contributed by atoms with van der Waals surface area (Å²) in [6.07, 6.45) is 7.25. The molecule has 31 heavy (non-hydrogen) atoms. The van der Waals surface area contributed by atoms with Crippen LogP contribution >= 0.6 is 11.3 Å². The summed E-state index contributed by atoms with van der Waals surface area (Å²) in [5, 5.41) is 4.10. The first-order chi connectivity index (χ1) is 14.9. The van der Waals surface area contributed by atoms with E-state index < -0.39 is 0 Å². The van der Waals surface area contributed by atoms with E-state index in [1.165, 1.54) is 11.3 Å². The molecule has 0 unspecified atom stereocenters. The van der Waals surface area contributed by atoms with Crippen molar-refractivity contribution in [3.8, 4) is 11.1 Å². The van der Waals surface area contributed by atoms with E-state index in [4.69, 9.17) is 4.98 Å². The number of pyridine rings is 1. The van der Waals surface area contributed by atoms with Gasteiger partial charge in [0.05, 0.1) is 16.4 Å². The average Bonchev–Trinajstić information content (AvgIpc) is 3.12. The van der Waals surface area contributed by atoms with E-state index >= 15 is 0 Å². The fourth-order valence-corrected chi connectivity index (χ4v) is 4.77. The molecule has 0 spiro atoms. The minimum absolute atomic E-state index is 0.0124. The van der Waals surface area contributed by atoms with Gasteiger partial charge in [-0.2, -0.15) is 0 Å². The second-order valence-corrected chi connectivity index (χ2v) is 9.44. The monoisotopic (exact) mass is 436 g/mol. The maximum Gasteiger partial charge on any atom is 0.263 e. The van der Waals surface area contributed by atoms with E-state index in [0.29, 0.717) is 0 Å². The summed E-state index contributed by atoms with van der Waals surface area (Å²) < 4.78 is 0. The lowest BCUT2D eigenvalue weighted by Crippen LogP contribution is -2.45. The van der Waals surface area contributed by atoms with Crippen LogP contribution in [0.2, 0.25) is 0 Å². The van der Waals surface area contributed by atoms with Crippen LogP contribution in [0.15, 0.2) is 30.7 Å². The molecule has 1 N–H and O–H groups in total. The number of rotatable bonds is 5. The highest BCUT2D eigenvalue weighted by atomic mass is 32.1. The molecule has 1 aliphatic heterocycles. The third-order valence-electron chi connectivity index (χ3n) is 5.57. The standard InChI is InChI=1S/C23H28N6OS/c1-14(2)20-19(17-5-9-24-10-6-17)13-25-23(28-20)29-11-7-18(8-12-29)27-22(30)21-15(3)26-16(4)31-21/h5-6,9-10,13-14,18H,7-8,11-12H2,1-4H3,(H,27,30). The van der Waals surface area contributed by atoms with Crippen molar-refractivity contribution in [3.63, 3.8) is 0 Å². The number of carbonyl (C=O) groups excluding carboxylic acids is 1. The summed E-state index contributed by atoms with van der Waals surface area (Å²) >= 11 is 1.45. The number of amides is 1. The molecule has 4 rings (SSSR count). The van der Waals surface area contributed by atoms with Crippen molar-refractivity contribution in [2.45, 2.75) is 52.5 Å². The maximum atomic E-state index is 12.6. The maximum absolute atomic E-state index is 12.6. The Morgan fingerprint density at radius 2 is 1.87 bits per heavy atom. The van der Waals surface area contributed by atoms with Crippen molar-refractivity contribution in [1.82, 2.24) is 25.3 Å². The summed E-state index contributed by atoms with van der Waals surface area (Å²) in [4.78, 5) is 33.6. The molecule has 3 aromatic heterocycles. The van der Waals surface area contributed by atoms with Crippen LogP contribution in [0.1, 0.15) is 58.7 Å². The number of thiazole rings is 1. The summed E-state index contributed by atoms with van der Waals surface area (Å²) in [7, 11) is 0. The van der Waals surface area contributed by atoms with Gasteiger partial charge in [-0.1, -0.05) is 13.8 Å². The first-order valence-corrected chi connectivity index (χ1v) is 11.5. The molecule has 4 heterocycles.